The van der Waals surface area contributed by atoms with Gasteiger partial charge < -0.3 is 10.2 Å². The third-order valence-corrected chi connectivity index (χ3v) is 6.90. The second kappa shape index (κ2) is 10.1. The fraction of sp³-hybridized carbons (Fsp3) is 0.333. The zero-order valence-corrected chi connectivity index (χ0v) is 22.4. The van der Waals surface area contributed by atoms with E-state index in [1.54, 1.807) is 31.0 Å². The maximum Gasteiger partial charge on any atom is 0.333 e. The van der Waals surface area contributed by atoms with Crippen LogP contribution in [0.25, 0.3) is 11.1 Å². The van der Waals surface area contributed by atoms with Crippen LogP contribution in [0.1, 0.15) is 35.8 Å². The molecule has 0 spiro atoms. The van der Waals surface area contributed by atoms with Gasteiger partial charge in [-0.2, -0.15) is 18.6 Å². The number of aromatic nitrogens is 4. The highest BCUT2D eigenvalue weighted by molar-refractivity contribution is 14.1. The Morgan fingerprint density at radius 3 is 2.47 bits per heavy atom. The van der Waals surface area contributed by atoms with Crippen LogP contribution in [0, 0.1) is 0 Å². The van der Waals surface area contributed by atoms with E-state index in [4.69, 9.17) is 0 Å². The summed E-state index contributed by atoms with van der Waals surface area (Å²) in [4.78, 5) is 26.2. The Morgan fingerprint density at radius 2 is 1.88 bits per heavy atom. The van der Waals surface area contributed by atoms with E-state index in [1.165, 1.54) is 11.9 Å². The molecule has 0 fully saturated rings. The Hall–Kier alpha value is -2.94. The highest BCUT2D eigenvalue weighted by atomic mass is 127. The van der Waals surface area contributed by atoms with Crippen molar-refractivity contribution in [3.05, 3.63) is 47.9 Å². The molecule has 11 nitrogen and oxygen atoms in total. The van der Waals surface area contributed by atoms with Crippen LogP contribution in [0.4, 0.5) is 10.5 Å². The van der Waals surface area contributed by atoms with Crippen molar-refractivity contribution in [1.82, 2.24) is 29.2 Å². The molecule has 0 unspecified atom stereocenters. The summed E-state index contributed by atoms with van der Waals surface area (Å²) in [6.07, 6.45) is 3.61. The third-order valence-electron chi connectivity index (χ3n) is 5.00. The van der Waals surface area contributed by atoms with Crippen molar-refractivity contribution in [1.29, 1.82) is 0 Å². The molecule has 3 rings (SSSR count). The number of benzene rings is 1. The molecular formula is C21H26IN7O4S. The molecule has 34 heavy (non-hydrogen) atoms. The first kappa shape index (κ1) is 25.7. The number of halogens is 1. The van der Waals surface area contributed by atoms with E-state index in [9.17, 15) is 18.0 Å². The van der Waals surface area contributed by atoms with E-state index in [-0.39, 0.29) is 11.6 Å². The largest absolute Gasteiger partial charge is 0.343 e. The molecule has 13 heteroatoms. The van der Waals surface area contributed by atoms with Gasteiger partial charge in [0.2, 0.25) is 0 Å². The number of anilines is 1. The quantitative estimate of drug-likeness (QED) is 0.317. The first-order valence-corrected chi connectivity index (χ1v) is 13.3. The zero-order chi connectivity index (χ0) is 25.2. The monoisotopic (exact) mass is 599 g/mol. The van der Waals surface area contributed by atoms with E-state index in [0.717, 1.165) is 27.4 Å². The normalized spacial score (nSPS) is 11.5. The number of carbonyl (C=O) groups excluding carboxylic acids is 2. The zero-order valence-electron chi connectivity index (χ0n) is 19.4. The molecule has 0 atom stereocenters. The summed E-state index contributed by atoms with van der Waals surface area (Å²) in [5, 5.41) is 10.4. The van der Waals surface area contributed by atoms with Gasteiger partial charge in [-0.05, 0) is 23.1 Å². The maximum atomic E-state index is 12.7. The van der Waals surface area contributed by atoms with Crippen LogP contribution in [-0.2, 0) is 21.6 Å². The van der Waals surface area contributed by atoms with Crippen LogP contribution in [0.5, 0.6) is 0 Å². The summed E-state index contributed by atoms with van der Waals surface area (Å²) in [6.45, 7) is 3.94. The van der Waals surface area contributed by atoms with Crippen molar-refractivity contribution in [2.45, 2.75) is 29.3 Å². The molecule has 2 N–H and O–H groups in total. The lowest BCUT2D eigenvalue weighted by Crippen LogP contribution is -2.35. The summed E-state index contributed by atoms with van der Waals surface area (Å²) in [7, 11) is 0.228. The van der Waals surface area contributed by atoms with Crippen molar-refractivity contribution >= 4 is 50.2 Å². The Bertz CT molecular complexity index is 1330. The van der Waals surface area contributed by atoms with Gasteiger partial charge in [0.1, 0.15) is 5.69 Å². The number of rotatable bonds is 7. The lowest BCUT2D eigenvalue weighted by molar-refractivity contribution is 0.0817. The van der Waals surface area contributed by atoms with E-state index in [1.807, 2.05) is 36.9 Å². The van der Waals surface area contributed by atoms with Crippen molar-refractivity contribution in [2.24, 2.45) is 7.05 Å². The van der Waals surface area contributed by atoms with Gasteiger partial charge in [0, 0.05) is 44.7 Å². The van der Waals surface area contributed by atoms with Gasteiger partial charge in [0.15, 0.2) is 5.03 Å². The van der Waals surface area contributed by atoms with Crippen LogP contribution in [0.2, 0.25) is 0 Å². The first-order valence-electron chi connectivity index (χ1n) is 10.2. The van der Waals surface area contributed by atoms with E-state index in [0.29, 0.717) is 10.2 Å². The van der Waals surface area contributed by atoms with Crippen molar-refractivity contribution < 1.29 is 18.0 Å². The molecule has 0 aliphatic rings. The number of amides is 3. The minimum atomic E-state index is -4.31. The van der Waals surface area contributed by atoms with Crippen LogP contribution >= 0.6 is 22.6 Å². The van der Waals surface area contributed by atoms with E-state index >= 15 is 0 Å². The Morgan fingerprint density at radius 1 is 1.18 bits per heavy atom. The second-order valence-electron chi connectivity index (χ2n) is 8.10. The fourth-order valence-electron chi connectivity index (χ4n) is 3.25. The highest BCUT2D eigenvalue weighted by Crippen LogP contribution is 2.30. The van der Waals surface area contributed by atoms with Gasteiger partial charge in [-0.25, -0.2) is 9.52 Å². The molecule has 2 aromatic heterocycles. The summed E-state index contributed by atoms with van der Waals surface area (Å²) >= 11 is 2.20. The first-order chi connectivity index (χ1) is 15.9. The Labute approximate surface area is 211 Å². The molecule has 0 aliphatic heterocycles. The van der Waals surface area contributed by atoms with Crippen molar-refractivity contribution in [3.8, 4) is 11.1 Å². The molecule has 1 aromatic carbocycles. The number of urea groups is 1. The molecule has 0 bridgehead atoms. The summed E-state index contributed by atoms with van der Waals surface area (Å²) < 4.78 is 31.1. The highest BCUT2D eigenvalue weighted by Gasteiger charge is 2.25. The molecule has 182 valence electrons. The average molecular weight is 599 g/mol. The van der Waals surface area contributed by atoms with Crippen LogP contribution in [0.3, 0.4) is 0 Å². The van der Waals surface area contributed by atoms with Crippen LogP contribution in [-0.4, -0.2) is 58.9 Å². The maximum absolute atomic E-state index is 12.7. The van der Waals surface area contributed by atoms with Crippen LogP contribution in [0.15, 0.2) is 41.7 Å². The van der Waals surface area contributed by atoms with Crippen molar-refractivity contribution in [2.75, 3.05) is 19.4 Å². The predicted molar refractivity (Wildman–Crippen MR) is 136 cm³/mol. The fourth-order valence-corrected chi connectivity index (χ4v) is 4.52. The summed E-state index contributed by atoms with van der Waals surface area (Å²) in [5.41, 5.74) is 3.10. The topological polar surface area (TPSA) is 131 Å². The Kier molecular flexibility index (Phi) is 7.65. The minimum Gasteiger partial charge on any atom is -0.343 e. The molecule has 0 radical (unpaired) electrons. The number of alkyl halides is 1. The number of carbonyl (C=O) groups is 2. The molecule has 2 heterocycles. The van der Waals surface area contributed by atoms with Gasteiger partial charge in [0.25, 0.3) is 15.9 Å². The predicted octanol–water partition coefficient (Wildman–Crippen LogP) is 3.01. The number of aryl methyl sites for hydroxylation is 1. The number of nitrogens with zero attached hydrogens (tertiary/aromatic N) is 5. The van der Waals surface area contributed by atoms with Gasteiger partial charge in [-0.3, -0.25) is 14.2 Å². The number of nitrogens with one attached hydrogen (secondary N) is 2. The molecule has 0 aliphatic carbocycles. The lowest BCUT2D eigenvalue weighted by atomic mass is 9.97. The third kappa shape index (κ3) is 5.58. The molecular weight excluding hydrogens is 573 g/mol. The van der Waals surface area contributed by atoms with Gasteiger partial charge in [0.05, 0.1) is 10.7 Å². The SMILES string of the molecule is CC(C)c1ccc(-c2cnn(CI)c2)cc1NC(=O)NS(=O)(=O)c1cc(C(=O)N(C)C)n(C)n1. The van der Waals surface area contributed by atoms with E-state index in [2.05, 4.69) is 38.1 Å². The smallest absolute Gasteiger partial charge is 0.333 e. The second-order valence-corrected chi connectivity index (χ2v) is 10.4. The standard InChI is InChI=1S/C21H26IN7O4S/c1-13(2)16-7-6-14(15-10-23-29(11-15)12-22)8-17(16)24-21(31)26-34(32,33)19-9-18(28(5)25-19)20(30)27(3)4/h6-11,13H,12H2,1-5H3,(H2,24,26,31). The van der Waals surface area contributed by atoms with E-state index < -0.39 is 27.0 Å². The average Bonchev–Trinajstić information content (AvgIpc) is 3.39. The number of sulfonamides is 1. The minimum absolute atomic E-state index is 0.0765. The number of hydrogen-bond acceptors (Lipinski definition) is 6. The Balaban J connectivity index is 1.85. The summed E-state index contributed by atoms with van der Waals surface area (Å²) in [5.74, 6) is -0.335. The van der Waals surface area contributed by atoms with Gasteiger partial charge in [-0.15, -0.1) is 0 Å². The number of hydrogen-bond donors (Lipinski definition) is 2. The summed E-state index contributed by atoms with van der Waals surface area (Å²) in [6, 6.07) is 5.80. The molecule has 3 aromatic rings. The lowest BCUT2D eigenvalue weighted by Gasteiger charge is -2.15. The molecule has 0 saturated carbocycles. The van der Waals surface area contributed by atoms with Gasteiger partial charge in [-0.1, -0.05) is 48.6 Å². The molecule has 0 saturated heterocycles. The van der Waals surface area contributed by atoms with Crippen molar-refractivity contribution in [3.63, 3.8) is 0 Å². The van der Waals surface area contributed by atoms with Gasteiger partial charge >= 0.3 is 6.03 Å². The van der Waals surface area contributed by atoms with Crippen LogP contribution < -0.4 is 10.0 Å². The molecule has 3 amide bonds.